The van der Waals surface area contributed by atoms with E-state index in [-0.39, 0.29) is 11.7 Å². The highest BCUT2D eigenvalue weighted by Gasteiger charge is 2.26. The van der Waals surface area contributed by atoms with Crippen LogP contribution in [-0.2, 0) is 0 Å². The first-order valence-corrected chi connectivity index (χ1v) is 12.3. The second-order valence-corrected chi connectivity index (χ2v) is 10.2. The average Bonchev–Trinajstić information content (AvgIpc) is 3.46. The van der Waals surface area contributed by atoms with Crippen LogP contribution in [0, 0.1) is 0 Å². The summed E-state index contributed by atoms with van der Waals surface area (Å²) in [7, 11) is 0. The van der Waals surface area contributed by atoms with Crippen molar-refractivity contribution in [2.45, 2.75) is 51.2 Å². The fourth-order valence-corrected chi connectivity index (χ4v) is 5.24. The molecule has 1 saturated heterocycles. The molecule has 5 rings (SSSR count). The maximum atomic E-state index is 11.9. The summed E-state index contributed by atoms with van der Waals surface area (Å²) in [4.78, 5) is 30.0. The Balaban J connectivity index is 1.29. The van der Waals surface area contributed by atoms with Gasteiger partial charge in [0.15, 0.2) is 0 Å². The quantitative estimate of drug-likeness (QED) is 0.469. The highest BCUT2D eigenvalue weighted by atomic mass is 16.4. The maximum Gasteiger partial charge on any atom is 0.352 e. The van der Waals surface area contributed by atoms with Gasteiger partial charge in [-0.15, -0.1) is 0 Å². The van der Waals surface area contributed by atoms with E-state index in [0.29, 0.717) is 24.0 Å². The molecule has 0 radical (unpaired) electrons. The van der Waals surface area contributed by atoms with Crippen LogP contribution in [0.4, 0.5) is 17.5 Å². The molecule has 1 saturated carbocycles. The molecule has 35 heavy (non-hydrogen) atoms. The number of carboxylic acid groups (broad SMARTS) is 1. The number of aromatic nitrogens is 4. The van der Waals surface area contributed by atoms with E-state index < -0.39 is 11.6 Å². The maximum absolute atomic E-state index is 11.9. The number of aromatic carboxylic acids is 1. The van der Waals surface area contributed by atoms with Crippen molar-refractivity contribution >= 4 is 34.5 Å². The monoisotopic (exact) mass is 479 g/mol. The summed E-state index contributed by atoms with van der Waals surface area (Å²) in [5.74, 6) is 0.0843. The summed E-state index contributed by atoms with van der Waals surface area (Å²) in [5.41, 5.74) is 1.28. The van der Waals surface area contributed by atoms with Crippen LogP contribution >= 0.6 is 0 Å². The molecule has 0 atom stereocenters. The number of pyridine rings is 1. The predicted molar refractivity (Wildman–Crippen MR) is 134 cm³/mol. The minimum Gasteiger partial charge on any atom is -0.477 e. The van der Waals surface area contributed by atoms with Gasteiger partial charge in [-0.05, 0) is 44.9 Å². The molecule has 10 heteroatoms. The Morgan fingerprint density at radius 3 is 2.49 bits per heavy atom. The first kappa shape index (κ1) is 23.5. The summed E-state index contributed by atoms with van der Waals surface area (Å²) < 4.78 is 1.87. The summed E-state index contributed by atoms with van der Waals surface area (Å²) in [6.07, 6.45) is 7.65. The van der Waals surface area contributed by atoms with Crippen LogP contribution in [0.15, 0.2) is 30.6 Å². The molecule has 3 aromatic rings. The van der Waals surface area contributed by atoms with E-state index in [1.807, 2.05) is 36.7 Å². The molecule has 3 N–H and O–H groups in total. The summed E-state index contributed by atoms with van der Waals surface area (Å²) in [6, 6.07) is 5.75. The topological polar surface area (TPSA) is 120 Å². The number of carboxylic acids is 1. The fraction of sp³-hybridized carbons (Fsp3) is 0.520. The van der Waals surface area contributed by atoms with Crippen molar-refractivity contribution in [2.75, 3.05) is 42.9 Å². The second kappa shape index (κ2) is 9.43. The number of fused-ring (bicyclic) bond motifs is 1. The molecule has 0 amide bonds. The zero-order valence-corrected chi connectivity index (χ0v) is 20.3. The predicted octanol–water partition coefficient (Wildman–Crippen LogP) is 3.28. The number of β-amino-alcohol motifs (C(OH)–C–C–N with tert-alkyl or cyclic N) is 1. The number of anilines is 3. The molecule has 1 aliphatic carbocycles. The van der Waals surface area contributed by atoms with E-state index in [4.69, 9.17) is 0 Å². The Hall–Kier alpha value is -3.24. The molecule has 0 unspecified atom stereocenters. The lowest BCUT2D eigenvalue weighted by Gasteiger charge is -2.38. The van der Waals surface area contributed by atoms with E-state index in [1.54, 1.807) is 12.3 Å². The van der Waals surface area contributed by atoms with Gasteiger partial charge in [0, 0.05) is 50.3 Å². The first-order chi connectivity index (χ1) is 16.8. The van der Waals surface area contributed by atoms with Gasteiger partial charge in [0.05, 0.1) is 17.5 Å². The third-order valence-corrected chi connectivity index (χ3v) is 6.82. The van der Waals surface area contributed by atoms with E-state index in [9.17, 15) is 15.0 Å². The van der Waals surface area contributed by atoms with Gasteiger partial charge in [0.2, 0.25) is 5.95 Å². The summed E-state index contributed by atoms with van der Waals surface area (Å²) >= 11 is 0. The van der Waals surface area contributed by atoms with Crippen LogP contribution in [0.3, 0.4) is 0 Å². The van der Waals surface area contributed by atoms with E-state index in [0.717, 1.165) is 62.9 Å². The number of hydrogen-bond acceptors (Lipinski definition) is 8. The molecular weight excluding hydrogens is 446 g/mol. The highest BCUT2D eigenvalue weighted by Crippen LogP contribution is 2.34. The van der Waals surface area contributed by atoms with Gasteiger partial charge < -0.3 is 25.0 Å². The molecule has 4 heterocycles. The van der Waals surface area contributed by atoms with Gasteiger partial charge in [0.1, 0.15) is 17.2 Å². The molecule has 1 aliphatic heterocycles. The number of hydrogen-bond donors (Lipinski definition) is 3. The Labute approximate surface area is 204 Å². The van der Waals surface area contributed by atoms with Crippen LogP contribution < -0.4 is 10.2 Å². The second-order valence-electron chi connectivity index (χ2n) is 10.2. The molecule has 3 aromatic heterocycles. The van der Waals surface area contributed by atoms with E-state index >= 15 is 0 Å². The number of nitrogens with zero attached hydrogens (tertiary/aromatic N) is 6. The molecule has 2 aliphatic rings. The van der Waals surface area contributed by atoms with E-state index in [1.165, 1.54) is 0 Å². The third kappa shape index (κ3) is 5.23. The first-order valence-electron chi connectivity index (χ1n) is 12.3. The number of piperazine rings is 1. The minimum absolute atomic E-state index is 0.155. The zero-order valence-electron chi connectivity index (χ0n) is 20.3. The van der Waals surface area contributed by atoms with Crippen molar-refractivity contribution in [3.63, 3.8) is 0 Å². The van der Waals surface area contributed by atoms with Crippen LogP contribution in [0.5, 0.6) is 0 Å². The standard InChI is InChI=1S/C25H33N7O3/c1-25(2,35)16-30-9-11-31(12-10-30)19-7-8-21(26-15-19)28-24-27-14-17-13-20(23(33)34)32(22(17)29-24)18-5-3-4-6-18/h7-8,13-15,18,35H,3-6,9-12,16H2,1-2H3,(H,33,34)(H,26,27,28,29). The van der Waals surface area contributed by atoms with Crippen molar-refractivity contribution in [3.8, 4) is 0 Å². The van der Waals surface area contributed by atoms with E-state index in [2.05, 4.69) is 30.1 Å². The Kier molecular flexibility index (Phi) is 6.33. The largest absolute Gasteiger partial charge is 0.477 e. The lowest BCUT2D eigenvalue weighted by Crippen LogP contribution is -2.50. The Morgan fingerprint density at radius 1 is 1.11 bits per heavy atom. The molecule has 2 fully saturated rings. The van der Waals surface area contributed by atoms with Gasteiger partial charge in [-0.3, -0.25) is 4.90 Å². The van der Waals surface area contributed by atoms with Gasteiger partial charge >= 0.3 is 5.97 Å². The zero-order chi connectivity index (χ0) is 24.6. The molecular formula is C25H33N7O3. The van der Waals surface area contributed by atoms with Crippen molar-refractivity contribution in [3.05, 3.63) is 36.3 Å². The normalized spacial score (nSPS) is 17.9. The van der Waals surface area contributed by atoms with Crippen molar-refractivity contribution in [1.29, 1.82) is 0 Å². The van der Waals surface area contributed by atoms with Gasteiger partial charge in [-0.1, -0.05) is 12.8 Å². The smallest absolute Gasteiger partial charge is 0.352 e. The number of rotatable bonds is 7. The van der Waals surface area contributed by atoms with Crippen molar-refractivity contribution < 1.29 is 15.0 Å². The lowest BCUT2D eigenvalue weighted by atomic mass is 10.1. The third-order valence-electron chi connectivity index (χ3n) is 6.82. The number of nitrogens with one attached hydrogen (secondary N) is 1. The molecule has 0 aromatic carbocycles. The van der Waals surface area contributed by atoms with Crippen LogP contribution in [0.25, 0.3) is 11.0 Å². The number of aliphatic hydroxyl groups is 1. The number of carbonyl (C=O) groups is 1. The van der Waals surface area contributed by atoms with Crippen LogP contribution in [0.2, 0.25) is 0 Å². The Morgan fingerprint density at radius 2 is 1.86 bits per heavy atom. The molecule has 186 valence electrons. The van der Waals surface area contributed by atoms with Gasteiger partial charge in [-0.2, -0.15) is 4.98 Å². The molecule has 0 bridgehead atoms. The Bertz CT molecular complexity index is 1190. The van der Waals surface area contributed by atoms with Crippen LogP contribution in [-0.4, -0.2) is 78.9 Å². The van der Waals surface area contributed by atoms with Crippen LogP contribution in [0.1, 0.15) is 56.1 Å². The summed E-state index contributed by atoms with van der Waals surface area (Å²) in [5, 5.41) is 23.7. The van der Waals surface area contributed by atoms with Crippen molar-refractivity contribution in [2.24, 2.45) is 0 Å². The average molecular weight is 480 g/mol. The lowest BCUT2D eigenvalue weighted by molar-refractivity contribution is 0.0345. The van der Waals surface area contributed by atoms with Gasteiger partial charge in [-0.25, -0.2) is 14.8 Å². The van der Waals surface area contributed by atoms with Gasteiger partial charge in [0.25, 0.3) is 0 Å². The SMILES string of the molecule is CC(C)(O)CN1CCN(c2ccc(Nc3ncc4cc(C(=O)O)n(C5CCCC5)c4n3)nc2)CC1. The van der Waals surface area contributed by atoms with Crippen molar-refractivity contribution in [1.82, 2.24) is 24.4 Å². The molecule has 10 nitrogen and oxygen atoms in total. The highest BCUT2D eigenvalue weighted by molar-refractivity contribution is 5.93. The minimum atomic E-state index is -0.942. The summed E-state index contributed by atoms with van der Waals surface area (Å²) in [6.45, 7) is 7.92. The molecule has 0 spiro atoms. The fourth-order valence-electron chi connectivity index (χ4n) is 5.24.